The van der Waals surface area contributed by atoms with Gasteiger partial charge in [-0.1, -0.05) is 12.1 Å². The van der Waals surface area contributed by atoms with Crippen molar-refractivity contribution in [3.63, 3.8) is 0 Å². The second-order valence-corrected chi connectivity index (χ2v) is 8.68. The predicted octanol–water partition coefficient (Wildman–Crippen LogP) is 2.05. The number of aromatic nitrogens is 2. The average molecular weight is 348 g/mol. The minimum atomic E-state index is -3.10. The highest BCUT2D eigenvalue weighted by Gasteiger charge is 2.24. The third kappa shape index (κ3) is 3.67. The van der Waals surface area contributed by atoms with Gasteiger partial charge in [-0.05, 0) is 37.8 Å². The minimum Gasteiger partial charge on any atom is -0.355 e. The number of piperidine rings is 1. The Kier molecular flexibility index (Phi) is 4.73. The molecule has 1 aliphatic heterocycles. The van der Waals surface area contributed by atoms with Crippen LogP contribution in [-0.2, 0) is 10.0 Å². The van der Waals surface area contributed by atoms with Crippen LogP contribution >= 0.6 is 0 Å². The summed E-state index contributed by atoms with van der Waals surface area (Å²) in [6.45, 7) is 4.36. The van der Waals surface area contributed by atoms with Crippen molar-refractivity contribution in [2.45, 2.75) is 19.8 Å². The first-order valence-corrected chi connectivity index (χ1v) is 10.1. The Balaban J connectivity index is 1.70. The summed E-state index contributed by atoms with van der Waals surface area (Å²) in [5.41, 5.74) is 2.78. The van der Waals surface area contributed by atoms with Crippen LogP contribution in [0.2, 0.25) is 0 Å². The number of nitrogens with zero attached hydrogens (tertiary/aromatic N) is 4. The average Bonchev–Trinajstić information content (AvgIpc) is 2.54. The molecule has 7 heteroatoms. The van der Waals surface area contributed by atoms with Gasteiger partial charge >= 0.3 is 0 Å². The Morgan fingerprint density at radius 1 is 1.17 bits per heavy atom. The van der Waals surface area contributed by atoms with Crippen LogP contribution < -0.4 is 4.90 Å². The number of benzene rings is 1. The van der Waals surface area contributed by atoms with E-state index in [1.165, 1.54) is 10.6 Å². The van der Waals surface area contributed by atoms with Gasteiger partial charge in [-0.25, -0.2) is 22.7 Å². The third-order valence-electron chi connectivity index (χ3n) is 4.72. The summed E-state index contributed by atoms with van der Waals surface area (Å²) >= 11 is 0. The van der Waals surface area contributed by atoms with E-state index in [0.717, 1.165) is 48.5 Å². The molecule has 0 atom stereocenters. The molecule has 6 nitrogen and oxygen atoms in total. The van der Waals surface area contributed by atoms with E-state index in [2.05, 4.69) is 9.88 Å². The van der Waals surface area contributed by atoms with Gasteiger partial charge in [-0.2, -0.15) is 0 Å². The molecule has 0 radical (unpaired) electrons. The number of anilines is 1. The van der Waals surface area contributed by atoms with Crippen molar-refractivity contribution in [3.05, 3.63) is 30.0 Å². The fourth-order valence-corrected chi connectivity index (χ4v) is 3.69. The van der Waals surface area contributed by atoms with Gasteiger partial charge in [-0.15, -0.1) is 0 Å². The monoisotopic (exact) mass is 348 g/mol. The Labute approximate surface area is 143 Å². The zero-order chi connectivity index (χ0) is 17.3. The van der Waals surface area contributed by atoms with E-state index in [0.29, 0.717) is 12.5 Å². The second-order valence-electron chi connectivity index (χ2n) is 6.60. The highest BCUT2D eigenvalue weighted by molar-refractivity contribution is 7.88. The first-order valence-electron chi connectivity index (χ1n) is 8.24. The molecule has 1 aliphatic rings. The van der Waals surface area contributed by atoms with E-state index >= 15 is 0 Å². The lowest BCUT2D eigenvalue weighted by molar-refractivity contribution is 0.328. The lowest BCUT2D eigenvalue weighted by atomic mass is 9.97. The molecule has 0 spiro atoms. The fourth-order valence-electron chi connectivity index (χ4n) is 3.20. The maximum Gasteiger partial charge on any atom is 0.210 e. The molecule has 2 aromatic rings. The fraction of sp³-hybridized carbons (Fsp3) is 0.529. The standard InChI is InChI=1S/C17H24N4O2S/c1-13-17(19-16-7-5-4-6-15(16)18-13)21-10-8-14(9-11-21)12-20(2)24(3,22)23/h4-7,14H,8-12H2,1-3H3. The molecular formula is C17H24N4O2S. The molecule has 1 saturated heterocycles. The van der Waals surface area contributed by atoms with Crippen LogP contribution in [0.25, 0.3) is 11.0 Å². The number of sulfonamides is 1. The van der Waals surface area contributed by atoms with Gasteiger partial charge in [0, 0.05) is 26.7 Å². The van der Waals surface area contributed by atoms with E-state index < -0.39 is 10.0 Å². The van der Waals surface area contributed by atoms with Crippen molar-refractivity contribution in [2.24, 2.45) is 5.92 Å². The zero-order valence-electron chi connectivity index (χ0n) is 14.4. The largest absolute Gasteiger partial charge is 0.355 e. The number of fused-ring (bicyclic) bond motifs is 1. The quantitative estimate of drug-likeness (QED) is 0.846. The van der Waals surface area contributed by atoms with E-state index in [4.69, 9.17) is 4.98 Å². The van der Waals surface area contributed by atoms with Gasteiger partial charge in [0.1, 0.15) is 0 Å². The predicted molar refractivity (Wildman–Crippen MR) is 96.7 cm³/mol. The lowest BCUT2D eigenvalue weighted by Gasteiger charge is -2.34. The van der Waals surface area contributed by atoms with Gasteiger partial charge in [0.2, 0.25) is 10.0 Å². The normalized spacial score (nSPS) is 16.9. The van der Waals surface area contributed by atoms with E-state index in [9.17, 15) is 8.42 Å². The van der Waals surface area contributed by atoms with Crippen molar-refractivity contribution >= 4 is 26.9 Å². The van der Waals surface area contributed by atoms with Gasteiger partial charge in [0.25, 0.3) is 0 Å². The Morgan fingerprint density at radius 3 is 2.33 bits per heavy atom. The zero-order valence-corrected chi connectivity index (χ0v) is 15.3. The number of hydrogen-bond acceptors (Lipinski definition) is 5. The molecule has 0 saturated carbocycles. The van der Waals surface area contributed by atoms with Crippen LogP contribution in [0.5, 0.6) is 0 Å². The van der Waals surface area contributed by atoms with Crippen molar-refractivity contribution in [1.82, 2.24) is 14.3 Å². The smallest absolute Gasteiger partial charge is 0.210 e. The van der Waals surface area contributed by atoms with Crippen LogP contribution in [0.3, 0.4) is 0 Å². The molecule has 0 bridgehead atoms. The minimum absolute atomic E-state index is 0.398. The highest BCUT2D eigenvalue weighted by atomic mass is 32.2. The summed E-state index contributed by atoms with van der Waals surface area (Å²) in [4.78, 5) is 11.7. The first kappa shape index (κ1) is 17.1. The Bertz CT molecular complexity index is 830. The molecule has 0 unspecified atom stereocenters. The summed E-state index contributed by atoms with van der Waals surface area (Å²) < 4.78 is 24.6. The summed E-state index contributed by atoms with van der Waals surface area (Å²) in [5, 5.41) is 0. The number of para-hydroxylation sites is 2. The second kappa shape index (κ2) is 6.64. The van der Waals surface area contributed by atoms with Crippen molar-refractivity contribution in [2.75, 3.05) is 37.8 Å². The van der Waals surface area contributed by atoms with Crippen molar-refractivity contribution < 1.29 is 8.42 Å². The lowest BCUT2D eigenvalue weighted by Crippen LogP contribution is -2.39. The molecule has 1 aromatic carbocycles. The Morgan fingerprint density at radius 2 is 1.75 bits per heavy atom. The van der Waals surface area contributed by atoms with E-state index in [1.54, 1.807) is 7.05 Å². The van der Waals surface area contributed by atoms with Crippen LogP contribution in [0, 0.1) is 12.8 Å². The van der Waals surface area contributed by atoms with Crippen molar-refractivity contribution in [1.29, 1.82) is 0 Å². The van der Waals surface area contributed by atoms with Crippen LogP contribution in [0.15, 0.2) is 24.3 Å². The van der Waals surface area contributed by atoms with E-state index in [1.807, 2.05) is 31.2 Å². The van der Waals surface area contributed by atoms with Gasteiger partial charge in [0.15, 0.2) is 5.82 Å². The number of aryl methyl sites for hydroxylation is 1. The third-order valence-corrected chi connectivity index (χ3v) is 6.00. The molecule has 1 aromatic heterocycles. The topological polar surface area (TPSA) is 66.4 Å². The van der Waals surface area contributed by atoms with E-state index in [-0.39, 0.29) is 0 Å². The molecule has 0 N–H and O–H groups in total. The van der Waals surface area contributed by atoms with Crippen LogP contribution in [-0.4, -0.2) is 55.6 Å². The van der Waals surface area contributed by atoms with Gasteiger partial charge < -0.3 is 4.90 Å². The summed E-state index contributed by atoms with van der Waals surface area (Å²) in [6, 6.07) is 7.91. The summed E-state index contributed by atoms with van der Waals surface area (Å²) in [6.07, 6.45) is 3.19. The molecular weight excluding hydrogens is 324 g/mol. The molecule has 2 heterocycles. The molecule has 1 fully saturated rings. The maximum atomic E-state index is 11.6. The van der Waals surface area contributed by atoms with Gasteiger partial charge in [0.05, 0.1) is 23.0 Å². The first-order chi connectivity index (χ1) is 11.3. The summed E-state index contributed by atoms with van der Waals surface area (Å²) in [5.74, 6) is 1.35. The molecule has 0 amide bonds. The SMILES string of the molecule is Cc1nc2ccccc2nc1N1CCC(CN(C)S(C)(=O)=O)CC1. The summed E-state index contributed by atoms with van der Waals surface area (Å²) in [7, 11) is -1.45. The van der Waals surface area contributed by atoms with Crippen molar-refractivity contribution in [3.8, 4) is 0 Å². The molecule has 130 valence electrons. The maximum absolute atomic E-state index is 11.6. The highest BCUT2D eigenvalue weighted by Crippen LogP contribution is 2.26. The number of hydrogen-bond donors (Lipinski definition) is 0. The van der Waals surface area contributed by atoms with Gasteiger partial charge in [-0.3, -0.25) is 0 Å². The van der Waals surface area contributed by atoms with Crippen LogP contribution in [0.1, 0.15) is 18.5 Å². The molecule has 24 heavy (non-hydrogen) atoms. The molecule has 3 rings (SSSR count). The van der Waals surface area contributed by atoms with Crippen LogP contribution in [0.4, 0.5) is 5.82 Å². The Hall–Kier alpha value is -1.73. The molecule has 0 aliphatic carbocycles. The number of rotatable bonds is 4.